The van der Waals surface area contributed by atoms with Gasteiger partial charge in [-0.2, -0.15) is 0 Å². The Labute approximate surface area is 118 Å². The van der Waals surface area contributed by atoms with Gasteiger partial charge in [-0.05, 0) is 12.5 Å². The van der Waals surface area contributed by atoms with Crippen LogP contribution in [0, 0.1) is 0 Å². The highest BCUT2D eigenvalue weighted by molar-refractivity contribution is 5.88. The van der Waals surface area contributed by atoms with E-state index in [0.29, 0.717) is 25.1 Å². The van der Waals surface area contributed by atoms with Gasteiger partial charge in [0.15, 0.2) is 11.5 Å². The maximum atomic E-state index is 11.4. The maximum Gasteiger partial charge on any atom is 0.333 e. The van der Waals surface area contributed by atoms with Gasteiger partial charge in [0.2, 0.25) is 6.79 Å². The molecule has 1 aliphatic rings. The monoisotopic (exact) mass is 277 g/mol. The summed E-state index contributed by atoms with van der Waals surface area (Å²) in [6, 6.07) is 5.82. The van der Waals surface area contributed by atoms with E-state index in [1.165, 1.54) is 7.11 Å². The zero-order valence-electron chi connectivity index (χ0n) is 11.8. The third kappa shape index (κ3) is 3.30. The number of nitrogens with one attached hydrogen (secondary N) is 1. The number of fused-ring (bicyclic) bond motifs is 1. The van der Waals surface area contributed by atoms with Gasteiger partial charge in [-0.25, -0.2) is 4.79 Å². The predicted octanol–water partition coefficient (Wildman–Crippen LogP) is 2.01. The average molecular weight is 277 g/mol. The van der Waals surface area contributed by atoms with Crippen LogP contribution in [0.25, 0.3) is 0 Å². The van der Waals surface area contributed by atoms with Crippen LogP contribution >= 0.6 is 0 Å². The third-order valence-electron chi connectivity index (χ3n) is 3.11. The number of esters is 1. The Kier molecular flexibility index (Phi) is 5.01. The average Bonchev–Trinajstić information content (AvgIpc) is 2.96. The van der Waals surface area contributed by atoms with Crippen molar-refractivity contribution in [1.29, 1.82) is 0 Å². The summed E-state index contributed by atoms with van der Waals surface area (Å²) in [4.78, 5) is 11.4. The van der Waals surface area contributed by atoms with Gasteiger partial charge in [-0.3, -0.25) is 0 Å². The summed E-state index contributed by atoms with van der Waals surface area (Å²) in [6.07, 6.45) is 2.51. The number of methoxy groups -OCH3 is 1. The summed E-state index contributed by atoms with van der Waals surface area (Å²) in [6.45, 7) is 3.45. The number of carbonyl (C=O) groups is 1. The highest BCUT2D eigenvalue weighted by Crippen LogP contribution is 2.35. The number of ether oxygens (including phenoxy) is 3. The fourth-order valence-electron chi connectivity index (χ4n) is 2.04. The summed E-state index contributed by atoms with van der Waals surface area (Å²) < 4.78 is 15.5. The largest absolute Gasteiger partial charge is 0.466 e. The molecular weight excluding hydrogens is 258 g/mol. The van der Waals surface area contributed by atoms with Crippen LogP contribution in [0.3, 0.4) is 0 Å². The molecule has 0 aromatic heterocycles. The summed E-state index contributed by atoms with van der Waals surface area (Å²) in [5, 5.41) is 3.26. The number of rotatable bonds is 6. The zero-order chi connectivity index (χ0) is 14.4. The molecule has 0 radical (unpaired) electrons. The second-order valence-corrected chi connectivity index (χ2v) is 4.36. The predicted molar refractivity (Wildman–Crippen MR) is 74.7 cm³/mol. The van der Waals surface area contributed by atoms with Gasteiger partial charge in [0.25, 0.3) is 0 Å². The van der Waals surface area contributed by atoms with E-state index in [1.54, 1.807) is 0 Å². The highest BCUT2D eigenvalue weighted by atomic mass is 16.7. The third-order valence-corrected chi connectivity index (χ3v) is 3.11. The van der Waals surface area contributed by atoms with E-state index in [9.17, 15) is 4.79 Å². The molecule has 0 amide bonds. The molecule has 2 rings (SSSR count). The molecule has 0 aliphatic carbocycles. The minimum Gasteiger partial charge on any atom is -0.466 e. The first-order valence-corrected chi connectivity index (χ1v) is 6.61. The van der Waals surface area contributed by atoms with E-state index in [0.717, 1.165) is 17.1 Å². The van der Waals surface area contributed by atoms with Gasteiger partial charge >= 0.3 is 5.97 Å². The molecule has 1 aliphatic heterocycles. The van der Waals surface area contributed by atoms with Crippen molar-refractivity contribution in [3.05, 3.63) is 35.4 Å². The standard InChI is InChI=1S/C15H19NO4/c1-3-11(15(17)18-2)7-8-16-9-12-5-4-6-13-14(12)20-10-19-13/h4-7,16H,3,8-10H2,1-2H3/b11-7-. The van der Waals surface area contributed by atoms with Crippen molar-refractivity contribution < 1.29 is 19.0 Å². The molecule has 0 fully saturated rings. The van der Waals surface area contributed by atoms with Crippen LogP contribution in [-0.2, 0) is 16.1 Å². The Morgan fingerprint density at radius 2 is 2.30 bits per heavy atom. The van der Waals surface area contributed by atoms with Crippen molar-refractivity contribution in [2.45, 2.75) is 19.9 Å². The Balaban J connectivity index is 1.89. The lowest BCUT2D eigenvalue weighted by Crippen LogP contribution is -2.15. The van der Waals surface area contributed by atoms with Crippen LogP contribution in [0.4, 0.5) is 0 Å². The highest BCUT2D eigenvalue weighted by Gasteiger charge is 2.16. The van der Waals surface area contributed by atoms with Gasteiger partial charge in [-0.15, -0.1) is 0 Å². The smallest absolute Gasteiger partial charge is 0.333 e. The lowest BCUT2D eigenvalue weighted by atomic mass is 10.1. The Bertz CT molecular complexity index is 511. The molecule has 0 atom stereocenters. The fourth-order valence-corrected chi connectivity index (χ4v) is 2.04. The molecule has 0 saturated carbocycles. The molecule has 1 N–H and O–H groups in total. The second-order valence-electron chi connectivity index (χ2n) is 4.36. The number of carbonyl (C=O) groups excluding carboxylic acids is 1. The van der Waals surface area contributed by atoms with Crippen molar-refractivity contribution >= 4 is 5.97 Å². The first-order chi connectivity index (χ1) is 9.76. The molecule has 108 valence electrons. The number of hydrogen-bond acceptors (Lipinski definition) is 5. The zero-order valence-corrected chi connectivity index (χ0v) is 11.8. The number of benzene rings is 1. The number of para-hydroxylation sites is 1. The van der Waals surface area contributed by atoms with E-state index in [-0.39, 0.29) is 12.8 Å². The van der Waals surface area contributed by atoms with Crippen LogP contribution in [0.1, 0.15) is 18.9 Å². The van der Waals surface area contributed by atoms with Crippen LogP contribution in [-0.4, -0.2) is 26.4 Å². The quantitative estimate of drug-likeness (QED) is 0.490. The van der Waals surface area contributed by atoms with Crippen LogP contribution in [0.2, 0.25) is 0 Å². The minimum atomic E-state index is -0.272. The van der Waals surface area contributed by atoms with Gasteiger partial charge in [-0.1, -0.05) is 25.1 Å². The molecular formula is C15H19NO4. The van der Waals surface area contributed by atoms with E-state index in [4.69, 9.17) is 14.2 Å². The lowest BCUT2D eigenvalue weighted by Gasteiger charge is -2.07. The summed E-state index contributed by atoms with van der Waals surface area (Å²) in [5.74, 6) is 1.31. The molecule has 1 aromatic carbocycles. The lowest BCUT2D eigenvalue weighted by molar-refractivity contribution is -0.136. The Morgan fingerprint density at radius 1 is 1.45 bits per heavy atom. The Hall–Kier alpha value is -2.01. The maximum absolute atomic E-state index is 11.4. The van der Waals surface area contributed by atoms with Gasteiger partial charge in [0, 0.05) is 24.2 Å². The van der Waals surface area contributed by atoms with Gasteiger partial charge < -0.3 is 19.5 Å². The van der Waals surface area contributed by atoms with Crippen molar-refractivity contribution in [3.63, 3.8) is 0 Å². The number of hydrogen-bond donors (Lipinski definition) is 1. The van der Waals surface area contributed by atoms with E-state index < -0.39 is 0 Å². The van der Waals surface area contributed by atoms with Crippen molar-refractivity contribution in [2.75, 3.05) is 20.4 Å². The second kappa shape index (κ2) is 6.96. The van der Waals surface area contributed by atoms with Crippen LogP contribution < -0.4 is 14.8 Å². The first kappa shape index (κ1) is 14.4. The minimum absolute atomic E-state index is 0.272. The summed E-state index contributed by atoms with van der Waals surface area (Å²) >= 11 is 0. The molecule has 5 nitrogen and oxygen atoms in total. The Morgan fingerprint density at radius 3 is 3.05 bits per heavy atom. The van der Waals surface area contributed by atoms with Gasteiger partial charge in [0.05, 0.1) is 7.11 Å². The molecule has 1 heterocycles. The van der Waals surface area contributed by atoms with E-state index >= 15 is 0 Å². The van der Waals surface area contributed by atoms with Crippen molar-refractivity contribution in [1.82, 2.24) is 5.32 Å². The first-order valence-electron chi connectivity index (χ1n) is 6.61. The SMILES string of the molecule is CC/C(=C/CNCc1cccc2c1OCO2)C(=O)OC. The van der Waals surface area contributed by atoms with Crippen LogP contribution in [0.5, 0.6) is 11.5 Å². The van der Waals surface area contributed by atoms with Gasteiger partial charge in [0.1, 0.15) is 0 Å². The molecule has 0 unspecified atom stereocenters. The molecule has 1 aromatic rings. The van der Waals surface area contributed by atoms with E-state index in [2.05, 4.69) is 5.32 Å². The molecule has 5 heteroatoms. The normalized spacial score (nSPS) is 13.4. The topological polar surface area (TPSA) is 56.8 Å². The molecule has 0 spiro atoms. The molecule has 0 saturated heterocycles. The summed E-state index contributed by atoms with van der Waals surface area (Å²) in [5.41, 5.74) is 1.72. The van der Waals surface area contributed by atoms with Crippen molar-refractivity contribution in [2.24, 2.45) is 0 Å². The fraction of sp³-hybridized carbons (Fsp3) is 0.400. The summed E-state index contributed by atoms with van der Waals surface area (Å²) in [7, 11) is 1.39. The molecule has 20 heavy (non-hydrogen) atoms. The molecule has 0 bridgehead atoms. The van der Waals surface area contributed by atoms with Crippen LogP contribution in [0.15, 0.2) is 29.8 Å². The van der Waals surface area contributed by atoms with E-state index in [1.807, 2.05) is 31.2 Å². The van der Waals surface area contributed by atoms with Crippen molar-refractivity contribution in [3.8, 4) is 11.5 Å².